The fourth-order valence-electron chi connectivity index (χ4n) is 12.9. The third-order valence-corrected chi connectivity index (χ3v) is 19.3. The molecule has 518 valence electrons. The van der Waals surface area contributed by atoms with Crippen LogP contribution in [0.3, 0.4) is 0 Å². The molecule has 1 aromatic heterocycles. The van der Waals surface area contributed by atoms with Gasteiger partial charge in [0.15, 0.2) is 5.75 Å². The zero-order valence-electron chi connectivity index (χ0n) is 55.9. The molecule has 98 heavy (non-hydrogen) atoms. The Balaban J connectivity index is 0.731. The molecular weight excluding hydrogens is 1260 g/mol. The van der Waals surface area contributed by atoms with Crippen molar-refractivity contribution in [3.63, 3.8) is 0 Å². The molecule has 0 aliphatic heterocycles. The zero-order chi connectivity index (χ0) is 68.1. The van der Waals surface area contributed by atoms with E-state index < -0.39 is 24.0 Å². The minimum atomic E-state index is -0.491. The number of nitrogens with zero attached hydrogens (tertiary/aromatic N) is 3. The SMILES string of the molecule is C=CC(=O)OCCCCCCOc1ccc(OC2CCC(C(=O)Oc3ccc(OOCC4CCC(C(OO)c5ccc(OCCCCCCOC(=O)C=C)cc5)CC4)c(/C=N/N(CCCCCCOC(=O)C4c5ccccc5-c5ccccc54)c4nc5ccccc5s4)c3)CC2)cc1. The van der Waals surface area contributed by atoms with E-state index in [0.29, 0.717) is 88.9 Å². The summed E-state index contributed by atoms with van der Waals surface area (Å²) >= 11 is 1.55. The van der Waals surface area contributed by atoms with E-state index in [1.807, 2.05) is 114 Å². The first-order chi connectivity index (χ1) is 48.1. The minimum absolute atomic E-state index is 0.0482. The first-order valence-corrected chi connectivity index (χ1v) is 35.6. The van der Waals surface area contributed by atoms with Gasteiger partial charge in [0.1, 0.15) is 35.0 Å². The number of hydrogen-bond donors (Lipinski definition) is 1. The largest absolute Gasteiger partial charge is 0.494 e. The van der Waals surface area contributed by atoms with E-state index in [1.54, 1.807) is 35.8 Å². The van der Waals surface area contributed by atoms with Crippen molar-refractivity contribution in [2.24, 2.45) is 22.9 Å². The molecule has 1 unspecified atom stereocenters. The van der Waals surface area contributed by atoms with Gasteiger partial charge < -0.3 is 38.0 Å². The van der Waals surface area contributed by atoms with Gasteiger partial charge in [0.05, 0.1) is 68.1 Å². The Morgan fingerprint density at radius 2 is 1.13 bits per heavy atom. The molecule has 6 aromatic carbocycles. The summed E-state index contributed by atoms with van der Waals surface area (Å²) in [5, 5.41) is 17.9. The van der Waals surface area contributed by atoms with Crippen LogP contribution in [0.1, 0.15) is 163 Å². The smallest absolute Gasteiger partial charge is 0.330 e. The third kappa shape index (κ3) is 21.3. The number of esters is 4. The number of hydrogen-bond acceptors (Lipinski definition) is 19. The number of carbonyl (C=O) groups excluding carboxylic acids is 4. The fraction of sp³-hybridized carbons (Fsp3) is 0.418. The monoisotopic (exact) mass is 1350 g/mol. The molecule has 1 N–H and O–H groups in total. The Hall–Kier alpha value is -8.88. The molecule has 19 heteroatoms. The van der Waals surface area contributed by atoms with Crippen molar-refractivity contribution in [1.29, 1.82) is 0 Å². The number of ether oxygens (including phenoxy) is 7. The van der Waals surface area contributed by atoms with Gasteiger partial charge in [-0.2, -0.15) is 9.99 Å². The summed E-state index contributed by atoms with van der Waals surface area (Å²) in [6.45, 7) is 9.97. The topological polar surface area (TPSA) is 209 Å². The molecule has 18 nitrogen and oxygen atoms in total. The molecule has 0 saturated heterocycles. The number of carbonyl (C=O) groups is 4. The molecule has 0 radical (unpaired) electrons. The summed E-state index contributed by atoms with van der Waals surface area (Å²) in [4.78, 5) is 72.4. The Labute approximate surface area is 578 Å². The molecular formula is C79H91N3O15S. The highest BCUT2D eigenvalue weighted by atomic mass is 32.1. The van der Waals surface area contributed by atoms with Crippen LogP contribution in [0.5, 0.6) is 28.7 Å². The molecule has 0 bridgehead atoms. The lowest BCUT2D eigenvalue weighted by Crippen LogP contribution is -2.30. The highest BCUT2D eigenvalue weighted by Gasteiger charge is 2.35. The van der Waals surface area contributed by atoms with Gasteiger partial charge in [0.2, 0.25) is 5.13 Å². The predicted octanol–water partition coefficient (Wildman–Crippen LogP) is 17.3. The number of para-hydroxylation sites is 1. The standard InChI is InChI=1S/C79H91N3O15S/c1-3-73(83)90-50-20-9-7-18-48-88-61-37-33-58(34-38-61)76(96-87)57-31-29-56(30-32-57)55-93-97-71-46-45-65(95-77(85)59-35-39-63(40-36-59)94-64-43-41-62(42-44-64)89-49-19-8-10-21-51-91-74(84)4-2)53-60(71)54-80-82(79-81-70-27-15-16-28-72(70)98-79)47-17-5-6-22-52-92-78(86)75-68-25-13-11-23-66(68)67-24-12-14-26-69(67)75/h3-4,11-16,23-28,33-34,37-38,41-46,53-54,56-57,59,63,75-76,87H,1-2,5-10,17-22,29-32,35-36,39-40,47-52,55H2/b80-54+. The average Bonchev–Trinajstić information content (AvgIpc) is 1.61. The van der Waals surface area contributed by atoms with Crippen LogP contribution < -0.4 is 28.8 Å². The van der Waals surface area contributed by atoms with Crippen molar-refractivity contribution in [2.75, 3.05) is 51.2 Å². The molecule has 2 fully saturated rings. The number of aromatic nitrogens is 1. The highest BCUT2D eigenvalue weighted by Crippen LogP contribution is 2.45. The van der Waals surface area contributed by atoms with Gasteiger partial charge in [-0.25, -0.2) is 24.5 Å². The number of unbranched alkanes of at least 4 members (excludes halogenated alkanes) is 9. The first kappa shape index (κ1) is 71.9. The van der Waals surface area contributed by atoms with Crippen molar-refractivity contribution < 1.29 is 72.3 Å². The van der Waals surface area contributed by atoms with Gasteiger partial charge in [0, 0.05) is 24.3 Å². The summed E-state index contributed by atoms with van der Waals surface area (Å²) in [5.74, 6) is 1.19. The average molecular weight is 1350 g/mol. The predicted molar refractivity (Wildman–Crippen MR) is 378 cm³/mol. The summed E-state index contributed by atoms with van der Waals surface area (Å²) in [5.41, 5.74) is 6.41. The summed E-state index contributed by atoms with van der Waals surface area (Å²) in [6, 6.07) is 44.7. The van der Waals surface area contributed by atoms with Crippen molar-refractivity contribution in [3.05, 3.63) is 187 Å². The summed E-state index contributed by atoms with van der Waals surface area (Å²) < 4.78 is 41.5. The van der Waals surface area contributed by atoms with Crippen LogP contribution >= 0.6 is 11.3 Å². The quantitative estimate of drug-likeness (QED) is 0.00553. The van der Waals surface area contributed by atoms with Crippen molar-refractivity contribution >= 4 is 56.8 Å². The second kappa shape index (κ2) is 38.3. The van der Waals surface area contributed by atoms with Crippen molar-refractivity contribution in [3.8, 4) is 39.9 Å². The van der Waals surface area contributed by atoms with Gasteiger partial charge in [-0.1, -0.05) is 104 Å². The first-order valence-electron chi connectivity index (χ1n) is 34.8. The molecule has 0 spiro atoms. The van der Waals surface area contributed by atoms with Crippen molar-refractivity contribution in [1.82, 2.24) is 4.98 Å². The van der Waals surface area contributed by atoms with E-state index in [2.05, 4.69) is 25.3 Å². The third-order valence-electron chi connectivity index (χ3n) is 18.3. The fourth-order valence-corrected chi connectivity index (χ4v) is 13.8. The molecule has 3 aliphatic carbocycles. The van der Waals surface area contributed by atoms with Gasteiger partial charge in [-0.3, -0.25) is 14.8 Å². The van der Waals surface area contributed by atoms with Crippen LogP contribution in [0, 0.1) is 17.8 Å². The van der Waals surface area contributed by atoms with Crippen LogP contribution in [-0.2, 0) is 43.2 Å². The maximum absolute atomic E-state index is 14.0. The lowest BCUT2D eigenvalue weighted by atomic mass is 9.78. The molecule has 1 atom stereocenters. The highest BCUT2D eigenvalue weighted by molar-refractivity contribution is 7.22. The van der Waals surface area contributed by atoms with Gasteiger partial charge in [0.25, 0.3) is 0 Å². The van der Waals surface area contributed by atoms with Gasteiger partial charge in [-0.15, -0.1) is 0 Å². The zero-order valence-corrected chi connectivity index (χ0v) is 56.7. The normalized spacial score (nSPS) is 16.9. The molecule has 7 aromatic rings. The number of fused-ring (bicyclic) bond motifs is 4. The van der Waals surface area contributed by atoms with Crippen molar-refractivity contribution in [2.45, 2.75) is 147 Å². The van der Waals surface area contributed by atoms with E-state index in [9.17, 15) is 24.4 Å². The Kier molecular flexibility index (Phi) is 28.1. The summed E-state index contributed by atoms with van der Waals surface area (Å²) in [7, 11) is 0. The number of rotatable bonds is 40. The van der Waals surface area contributed by atoms with E-state index in [1.165, 1.54) is 12.2 Å². The maximum atomic E-state index is 14.0. The molecule has 2 saturated carbocycles. The van der Waals surface area contributed by atoms with E-state index in [4.69, 9.17) is 57.9 Å². The molecule has 10 rings (SSSR count). The Morgan fingerprint density at radius 3 is 1.74 bits per heavy atom. The molecule has 3 aliphatic rings. The van der Waals surface area contributed by atoms with Crippen LogP contribution in [0.2, 0.25) is 0 Å². The number of hydrazone groups is 1. The van der Waals surface area contributed by atoms with Crippen LogP contribution in [0.4, 0.5) is 5.13 Å². The number of benzene rings is 6. The minimum Gasteiger partial charge on any atom is -0.494 e. The lowest BCUT2D eigenvalue weighted by Gasteiger charge is -2.32. The Morgan fingerprint density at radius 1 is 0.582 bits per heavy atom. The summed E-state index contributed by atoms with van der Waals surface area (Å²) in [6.07, 6.45) is 19.8. The molecule has 0 amide bonds. The second-order valence-corrected chi connectivity index (χ2v) is 26.2. The Bertz CT molecular complexity index is 3630. The van der Waals surface area contributed by atoms with Crippen LogP contribution in [-0.4, -0.2) is 92.6 Å². The van der Waals surface area contributed by atoms with E-state index in [0.717, 1.165) is 163 Å². The number of thiazole rings is 1. The van der Waals surface area contributed by atoms with Gasteiger partial charge >= 0.3 is 23.9 Å². The maximum Gasteiger partial charge on any atom is 0.330 e. The molecule has 1 heterocycles. The van der Waals surface area contributed by atoms with E-state index in [-0.39, 0.29) is 35.8 Å². The number of anilines is 1. The van der Waals surface area contributed by atoms with Gasteiger partial charge in [-0.05, 0) is 228 Å². The van der Waals surface area contributed by atoms with E-state index >= 15 is 0 Å². The van der Waals surface area contributed by atoms with Crippen LogP contribution in [0.25, 0.3) is 21.3 Å². The lowest BCUT2D eigenvalue weighted by molar-refractivity contribution is -0.296. The second-order valence-electron chi connectivity index (χ2n) is 25.2. The van der Waals surface area contributed by atoms with Crippen LogP contribution in [0.15, 0.2) is 170 Å².